The summed E-state index contributed by atoms with van der Waals surface area (Å²) < 4.78 is 26.6. The number of amides is 1. The number of hydrogen-bond acceptors (Lipinski definition) is 2. The number of halogens is 2. The van der Waals surface area contributed by atoms with Crippen LogP contribution in [0.15, 0.2) is 0 Å². The maximum absolute atomic E-state index is 13.3. The van der Waals surface area contributed by atoms with E-state index in [0.717, 1.165) is 0 Å². The molecule has 0 aromatic heterocycles. The van der Waals surface area contributed by atoms with E-state index in [1.54, 1.807) is 14.0 Å². The van der Waals surface area contributed by atoms with E-state index >= 15 is 0 Å². The summed E-state index contributed by atoms with van der Waals surface area (Å²) in [7, 11) is 1.56. The van der Waals surface area contributed by atoms with Crippen molar-refractivity contribution in [3.05, 3.63) is 0 Å². The molecule has 0 aromatic carbocycles. The zero-order valence-electron chi connectivity index (χ0n) is 8.52. The number of alkyl halides is 2. The lowest BCUT2D eigenvalue weighted by Crippen LogP contribution is -2.52. The van der Waals surface area contributed by atoms with Gasteiger partial charge in [-0.1, -0.05) is 0 Å². The van der Waals surface area contributed by atoms with Gasteiger partial charge in [0.25, 0.3) is 5.92 Å². The molecule has 14 heavy (non-hydrogen) atoms. The molecule has 1 aliphatic rings. The minimum Gasteiger partial charge on any atom is -0.346 e. The molecule has 1 heterocycles. The van der Waals surface area contributed by atoms with Crippen molar-refractivity contribution in [1.29, 1.82) is 0 Å². The van der Waals surface area contributed by atoms with Gasteiger partial charge < -0.3 is 10.2 Å². The topological polar surface area (TPSA) is 32.3 Å². The van der Waals surface area contributed by atoms with Crippen LogP contribution < -0.4 is 5.32 Å². The third-order valence-electron chi connectivity index (χ3n) is 2.63. The number of nitrogens with zero attached hydrogens (tertiary/aromatic N) is 1. The van der Waals surface area contributed by atoms with Crippen LogP contribution in [0.4, 0.5) is 8.78 Å². The van der Waals surface area contributed by atoms with Crippen molar-refractivity contribution in [3.63, 3.8) is 0 Å². The number of carbonyl (C=O) groups excluding carboxylic acids is 1. The lowest BCUT2D eigenvalue weighted by Gasteiger charge is -2.33. The molecule has 0 radical (unpaired) electrons. The van der Waals surface area contributed by atoms with E-state index < -0.39 is 17.7 Å². The van der Waals surface area contributed by atoms with Gasteiger partial charge in [-0.25, -0.2) is 8.78 Å². The normalized spacial score (nSPS) is 25.9. The van der Waals surface area contributed by atoms with E-state index in [-0.39, 0.29) is 13.0 Å². The average Bonchev–Trinajstić information content (AvgIpc) is 2.15. The van der Waals surface area contributed by atoms with Crippen molar-refractivity contribution in [1.82, 2.24) is 10.2 Å². The molecular formula is C9H16F2N2O. The number of carbonyl (C=O) groups is 1. The second-order valence-corrected chi connectivity index (χ2v) is 3.63. The van der Waals surface area contributed by atoms with Crippen LogP contribution in [0.2, 0.25) is 0 Å². The number of hydrogen-bond donors (Lipinski definition) is 1. The van der Waals surface area contributed by atoms with E-state index in [1.165, 1.54) is 4.90 Å². The Morgan fingerprint density at radius 2 is 2.29 bits per heavy atom. The van der Waals surface area contributed by atoms with Crippen LogP contribution in [-0.4, -0.2) is 43.4 Å². The Labute approximate surface area is 82.5 Å². The molecule has 1 aliphatic heterocycles. The van der Waals surface area contributed by atoms with Crippen molar-refractivity contribution in [2.24, 2.45) is 5.92 Å². The third-order valence-corrected chi connectivity index (χ3v) is 2.63. The van der Waals surface area contributed by atoms with Crippen molar-refractivity contribution in [2.45, 2.75) is 19.3 Å². The standard InChI is InChI=1S/C9H16F2N2O/c1-3-13(2)8(14)7-4-5-12-6-9(7,10)11/h7,12H,3-6H2,1-2H3. The maximum atomic E-state index is 13.3. The number of rotatable bonds is 2. The molecule has 1 unspecified atom stereocenters. The first-order valence-electron chi connectivity index (χ1n) is 4.82. The van der Waals surface area contributed by atoms with Gasteiger partial charge in [0.2, 0.25) is 5.91 Å². The van der Waals surface area contributed by atoms with E-state index in [2.05, 4.69) is 5.32 Å². The second-order valence-electron chi connectivity index (χ2n) is 3.63. The van der Waals surface area contributed by atoms with Crippen molar-refractivity contribution in [2.75, 3.05) is 26.7 Å². The van der Waals surface area contributed by atoms with Crippen molar-refractivity contribution >= 4 is 5.91 Å². The SMILES string of the molecule is CCN(C)C(=O)C1CCNCC1(F)F. The minimum atomic E-state index is -2.90. The Bertz CT molecular complexity index is 221. The predicted octanol–water partition coefficient (Wildman–Crippen LogP) is 0.710. The Balaban J connectivity index is 2.69. The number of nitrogens with one attached hydrogen (secondary N) is 1. The Morgan fingerprint density at radius 1 is 1.64 bits per heavy atom. The maximum Gasteiger partial charge on any atom is 0.271 e. The first kappa shape index (κ1) is 11.4. The molecule has 0 aromatic rings. The fourth-order valence-electron chi connectivity index (χ4n) is 1.56. The van der Waals surface area contributed by atoms with Crippen LogP contribution in [0.1, 0.15) is 13.3 Å². The van der Waals surface area contributed by atoms with Crippen molar-refractivity contribution < 1.29 is 13.6 Å². The zero-order chi connectivity index (χ0) is 10.8. The molecule has 82 valence electrons. The summed E-state index contributed by atoms with van der Waals surface area (Å²) in [6.07, 6.45) is 0.218. The molecule has 0 saturated carbocycles. The third kappa shape index (κ3) is 2.20. The van der Waals surface area contributed by atoms with Gasteiger partial charge in [0, 0.05) is 13.6 Å². The van der Waals surface area contributed by atoms with Crippen LogP contribution in [0, 0.1) is 5.92 Å². The van der Waals surface area contributed by atoms with Crippen LogP contribution in [-0.2, 0) is 4.79 Å². The van der Waals surface area contributed by atoms with Crippen LogP contribution in [0.5, 0.6) is 0 Å². The highest BCUT2D eigenvalue weighted by atomic mass is 19.3. The smallest absolute Gasteiger partial charge is 0.271 e. The molecule has 1 rings (SSSR count). The van der Waals surface area contributed by atoms with Gasteiger partial charge in [-0.3, -0.25) is 4.79 Å². The average molecular weight is 206 g/mol. The van der Waals surface area contributed by atoms with Gasteiger partial charge in [0.05, 0.1) is 6.54 Å². The summed E-state index contributed by atoms with van der Waals surface area (Å²) in [4.78, 5) is 12.9. The van der Waals surface area contributed by atoms with Gasteiger partial charge in [0.1, 0.15) is 5.92 Å². The molecule has 1 amide bonds. The van der Waals surface area contributed by atoms with E-state index in [0.29, 0.717) is 13.1 Å². The van der Waals surface area contributed by atoms with E-state index in [9.17, 15) is 13.6 Å². The Morgan fingerprint density at radius 3 is 2.79 bits per heavy atom. The minimum absolute atomic E-state index is 0.218. The molecular weight excluding hydrogens is 190 g/mol. The molecule has 0 aliphatic carbocycles. The van der Waals surface area contributed by atoms with Gasteiger partial charge >= 0.3 is 0 Å². The Kier molecular flexibility index (Phi) is 3.42. The lowest BCUT2D eigenvalue weighted by molar-refractivity contribution is -0.151. The quantitative estimate of drug-likeness (QED) is 0.721. The molecule has 1 atom stereocenters. The monoisotopic (exact) mass is 206 g/mol. The van der Waals surface area contributed by atoms with Crippen LogP contribution in [0.25, 0.3) is 0 Å². The molecule has 3 nitrogen and oxygen atoms in total. The summed E-state index contributed by atoms with van der Waals surface area (Å²) in [5.74, 6) is -4.49. The summed E-state index contributed by atoms with van der Waals surface area (Å²) in [6, 6.07) is 0. The van der Waals surface area contributed by atoms with E-state index in [4.69, 9.17) is 0 Å². The molecule has 0 spiro atoms. The van der Waals surface area contributed by atoms with Crippen molar-refractivity contribution in [3.8, 4) is 0 Å². The Hall–Kier alpha value is -0.710. The highest BCUT2D eigenvalue weighted by molar-refractivity contribution is 5.79. The highest BCUT2D eigenvalue weighted by Gasteiger charge is 2.46. The largest absolute Gasteiger partial charge is 0.346 e. The van der Waals surface area contributed by atoms with Crippen LogP contribution >= 0.6 is 0 Å². The first-order chi connectivity index (χ1) is 6.49. The zero-order valence-corrected chi connectivity index (χ0v) is 8.52. The van der Waals surface area contributed by atoms with Gasteiger partial charge in [-0.15, -0.1) is 0 Å². The van der Waals surface area contributed by atoms with E-state index in [1.807, 2.05) is 0 Å². The second kappa shape index (κ2) is 4.21. The fraction of sp³-hybridized carbons (Fsp3) is 0.889. The molecule has 5 heteroatoms. The van der Waals surface area contributed by atoms with Gasteiger partial charge in [0.15, 0.2) is 0 Å². The fourth-order valence-corrected chi connectivity index (χ4v) is 1.56. The molecule has 1 fully saturated rings. The molecule has 1 saturated heterocycles. The van der Waals surface area contributed by atoms with Gasteiger partial charge in [-0.05, 0) is 19.9 Å². The first-order valence-corrected chi connectivity index (χ1v) is 4.82. The summed E-state index contributed by atoms with van der Waals surface area (Å²) in [6.45, 7) is 2.35. The number of piperidine rings is 1. The predicted molar refractivity (Wildman–Crippen MR) is 49.2 cm³/mol. The molecule has 0 bridgehead atoms. The summed E-state index contributed by atoms with van der Waals surface area (Å²) in [5.41, 5.74) is 0. The van der Waals surface area contributed by atoms with Crippen LogP contribution in [0.3, 0.4) is 0 Å². The molecule has 1 N–H and O–H groups in total. The lowest BCUT2D eigenvalue weighted by atomic mass is 9.92. The van der Waals surface area contributed by atoms with Gasteiger partial charge in [-0.2, -0.15) is 0 Å². The summed E-state index contributed by atoms with van der Waals surface area (Å²) in [5, 5.41) is 2.60. The highest BCUT2D eigenvalue weighted by Crippen LogP contribution is 2.30. The summed E-state index contributed by atoms with van der Waals surface area (Å²) >= 11 is 0.